The first kappa shape index (κ1) is 18.3. The van der Waals surface area contributed by atoms with E-state index in [1.807, 2.05) is 0 Å². The number of halogens is 2. The van der Waals surface area contributed by atoms with Gasteiger partial charge in [0.1, 0.15) is 5.82 Å². The highest BCUT2D eigenvalue weighted by molar-refractivity contribution is 7.89. The third kappa shape index (κ3) is 3.54. The van der Waals surface area contributed by atoms with E-state index >= 15 is 0 Å². The van der Waals surface area contributed by atoms with Crippen LogP contribution < -0.4 is 4.74 Å². The molecule has 1 aliphatic heterocycles. The van der Waals surface area contributed by atoms with Crippen LogP contribution in [0.25, 0.3) is 0 Å². The van der Waals surface area contributed by atoms with Gasteiger partial charge in [-0.3, -0.25) is 0 Å². The summed E-state index contributed by atoms with van der Waals surface area (Å²) < 4.78 is 58.1. The predicted molar refractivity (Wildman–Crippen MR) is 87.2 cm³/mol. The predicted octanol–water partition coefficient (Wildman–Crippen LogP) is 2.56. The Balaban J connectivity index is 1.93. The molecular weight excluding hydrogens is 368 g/mol. The van der Waals surface area contributed by atoms with E-state index in [1.165, 1.54) is 28.6 Å². The molecule has 0 radical (unpaired) electrons. The number of rotatable bonds is 6. The van der Waals surface area contributed by atoms with Gasteiger partial charge in [-0.15, -0.1) is 0 Å². The van der Waals surface area contributed by atoms with Gasteiger partial charge in [-0.2, -0.15) is 4.31 Å². The SMILES string of the molecule is O=C(O)C(Oc1ccc(F)cc1F)c1cccc(S(=O)(=O)N2CCC2)c1. The summed E-state index contributed by atoms with van der Waals surface area (Å²) in [5.74, 6) is -3.77. The summed E-state index contributed by atoms with van der Waals surface area (Å²) in [5.41, 5.74) is 0.0304. The quantitative estimate of drug-likeness (QED) is 0.829. The van der Waals surface area contributed by atoms with Crippen molar-refractivity contribution in [3.8, 4) is 5.75 Å². The Hall–Kier alpha value is -2.52. The summed E-state index contributed by atoms with van der Waals surface area (Å²) in [7, 11) is -3.71. The number of hydrogen-bond donors (Lipinski definition) is 1. The van der Waals surface area contributed by atoms with Gasteiger partial charge in [0.2, 0.25) is 16.1 Å². The molecule has 0 aliphatic carbocycles. The lowest BCUT2D eigenvalue weighted by Gasteiger charge is -2.29. The fourth-order valence-corrected chi connectivity index (χ4v) is 4.05. The van der Waals surface area contributed by atoms with E-state index in [1.54, 1.807) is 0 Å². The van der Waals surface area contributed by atoms with E-state index in [4.69, 9.17) is 4.74 Å². The molecule has 1 aliphatic rings. The maximum atomic E-state index is 13.8. The van der Waals surface area contributed by atoms with Crippen molar-refractivity contribution in [1.82, 2.24) is 4.31 Å². The molecule has 1 heterocycles. The van der Waals surface area contributed by atoms with Gasteiger partial charge in [0, 0.05) is 24.7 Å². The first-order valence-electron chi connectivity index (χ1n) is 7.73. The van der Waals surface area contributed by atoms with Crippen LogP contribution >= 0.6 is 0 Å². The molecule has 0 aromatic heterocycles. The standard InChI is InChI=1S/C17H15F2NO5S/c18-12-5-6-15(14(19)10-12)25-16(17(21)22)11-3-1-4-13(9-11)26(23,24)20-7-2-8-20/h1,3-6,9-10,16H,2,7-8H2,(H,21,22). The molecule has 138 valence electrons. The van der Waals surface area contributed by atoms with Crippen molar-refractivity contribution in [2.75, 3.05) is 13.1 Å². The maximum absolute atomic E-state index is 13.8. The summed E-state index contributed by atoms with van der Waals surface area (Å²) in [6, 6.07) is 7.78. The Kier molecular flexibility index (Phi) is 4.92. The molecule has 1 unspecified atom stereocenters. The Bertz CT molecular complexity index is 944. The van der Waals surface area contributed by atoms with Crippen molar-refractivity contribution < 1.29 is 31.8 Å². The highest BCUT2D eigenvalue weighted by Gasteiger charge is 2.31. The van der Waals surface area contributed by atoms with Crippen LogP contribution in [0.15, 0.2) is 47.4 Å². The first-order chi connectivity index (χ1) is 12.3. The second-order valence-electron chi connectivity index (χ2n) is 5.74. The summed E-state index contributed by atoms with van der Waals surface area (Å²) in [4.78, 5) is 11.5. The van der Waals surface area contributed by atoms with Crippen molar-refractivity contribution in [3.05, 3.63) is 59.7 Å². The zero-order chi connectivity index (χ0) is 18.9. The van der Waals surface area contributed by atoms with Gasteiger partial charge in [0.25, 0.3) is 0 Å². The minimum Gasteiger partial charge on any atom is -0.478 e. The molecule has 2 aromatic carbocycles. The number of benzene rings is 2. The van der Waals surface area contributed by atoms with E-state index in [-0.39, 0.29) is 10.5 Å². The van der Waals surface area contributed by atoms with Crippen molar-refractivity contribution in [1.29, 1.82) is 0 Å². The van der Waals surface area contributed by atoms with E-state index < -0.39 is 39.5 Å². The van der Waals surface area contributed by atoms with E-state index in [0.29, 0.717) is 19.2 Å². The lowest BCUT2D eigenvalue weighted by atomic mass is 10.1. The van der Waals surface area contributed by atoms with Crippen LogP contribution in [0.2, 0.25) is 0 Å². The fraction of sp³-hybridized carbons (Fsp3) is 0.235. The Morgan fingerprint density at radius 1 is 1.15 bits per heavy atom. The van der Waals surface area contributed by atoms with Gasteiger partial charge in [0.05, 0.1) is 4.90 Å². The van der Waals surface area contributed by atoms with E-state index in [9.17, 15) is 27.1 Å². The van der Waals surface area contributed by atoms with Crippen LogP contribution in [0.4, 0.5) is 8.78 Å². The number of carboxylic acid groups (broad SMARTS) is 1. The van der Waals surface area contributed by atoms with Gasteiger partial charge in [0.15, 0.2) is 11.6 Å². The molecule has 0 bridgehead atoms. The third-order valence-electron chi connectivity index (χ3n) is 3.98. The van der Waals surface area contributed by atoms with Gasteiger partial charge >= 0.3 is 5.97 Å². The van der Waals surface area contributed by atoms with E-state index in [2.05, 4.69) is 0 Å². The molecule has 9 heteroatoms. The van der Waals surface area contributed by atoms with Crippen LogP contribution in [-0.2, 0) is 14.8 Å². The number of carbonyl (C=O) groups is 1. The monoisotopic (exact) mass is 383 g/mol. The largest absolute Gasteiger partial charge is 0.478 e. The second kappa shape index (κ2) is 7.00. The normalized spacial score (nSPS) is 15.9. The van der Waals surface area contributed by atoms with E-state index in [0.717, 1.165) is 18.6 Å². The van der Waals surface area contributed by atoms with Crippen LogP contribution in [0, 0.1) is 11.6 Å². The molecule has 1 N–H and O–H groups in total. The molecule has 0 amide bonds. The summed E-state index contributed by atoms with van der Waals surface area (Å²) >= 11 is 0. The summed E-state index contributed by atoms with van der Waals surface area (Å²) in [6.45, 7) is 0.818. The van der Waals surface area contributed by atoms with Crippen LogP contribution in [0.1, 0.15) is 18.1 Å². The Morgan fingerprint density at radius 3 is 2.46 bits per heavy atom. The van der Waals surface area contributed by atoms with Crippen molar-refractivity contribution in [2.45, 2.75) is 17.4 Å². The number of hydrogen-bond acceptors (Lipinski definition) is 4. The molecular formula is C17H15F2NO5S. The number of carboxylic acids is 1. The number of nitrogens with zero attached hydrogens (tertiary/aromatic N) is 1. The number of ether oxygens (including phenoxy) is 1. The molecule has 0 saturated carbocycles. The molecule has 1 saturated heterocycles. The zero-order valence-electron chi connectivity index (χ0n) is 13.4. The second-order valence-corrected chi connectivity index (χ2v) is 7.68. The molecule has 2 aromatic rings. The minimum absolute atomic E-state index is 0.0304. The molecule has 1 fully saturated rings. The summed E-state index contributed by atoms with van der Waals surface area (Å²) in [6.07, 6.45) is -0.884. The van der Waals surface area contributed by atoms with Crippen molar-refractivity contribution >= 4 is 16.0 Å². The third-order valence-corrected chi connectivity index (χ3v) is 5.87. The summed E-state index contributed by atoms with van der Waals surface area (Å²) in [5, 5.41) is 9.41. The smallest absolute Gasteiger partial charge is 0.349 e. The topological polar surface area (TPSA) is 83.9 Å². The minimum atomic E-state index is -3.71. The lowest BCUT2D eigenvalue weighted by Crippen LogP contribution is -2.41. The van der Waals surface area contributed by atoms with Crippen LogP contribution in [0.3, 0.4) is 0 Å². The number of sulfonamides is 1. The van der Waals surface area contributed by atoms with Gasteiger partial charge < -0.3 is 9.84 Å². The molecule has 26 heavy (non-hydrogen) atoms. The molecule has 1 atom stereocenters. The van der Waals surface area contributed by atoms with Gasteiger partial charge in [-0.25, -0.2) is 22.0 Å². The molecule has 6 nitrogen and oxygen atoms in total. The molecule has 3 rings (SSSR count). The highest BCUT2D eigenvalue weighted by atomic mass is 32.2. The fourth-order valence-electron chi connectivity index (χ4n) is 2.47. The average Bonchev–Trinajstić information content (AvgIpc) is 2.52. The van der Waals surface area contributed by atoms with Crippen LogP contribution in [-0.4, -0.2) is 36.9 Å². The highest BCUT2D eigenvalue weighted by Crippen LogP contribution is 2.28. The van der Waals surface area contributed by atoms with Gasteiger partial charge in [-0.1, -0.05) is 12.1 Å². The molecule has 0 spiro atoms. The van der Waals surface area contributed by atoms with Crippen molar-refractivity contribution in [3.63, 3.8) is 0 Å². The Morgan fingerprint density at radius 2 is 1.88 bits per heavy atom. The average molecular weight is 383 g/mol. The lowest BCUT2D eigenvalue weighted by molar-refractivity contribution is -0.145. The maximum Gasteiger partial charge on any atom is 0.349 e. The first-order valence-corrected chi connectivity index (χ1v) is 9.17. The van der Waals surface area contributed by atoms with Gasteiger partial charge in [-0.05, 0) is 30.7 Å². The Labute approximate surface area is 148 Å². The zero-order valence-corrected chi connectivity index (χ0v) is 14.2. The van der Waals surface area contributed by atoms with Crippen LogP contribution in [0.5, 0.6) is 5.75 Å². The number of aliphatic carboxylic acids is 1. The van der Waals surface area contributed by atoms with Crippen molar-refractivity contribution in [2.24, 2.45) is 0 Å².